The third-order valence-electron chi connectivity index (χ3n) is 7.05. The second-order valence-electron chi connectivity index (χ2n) is 11.2. The number of benzene rings is 2. The number of para-hydroxylation sites is 1. The van der Waals surface area contributed by atoms with Gasteiger partial charge in [-0.25, -0.2) is 4.39 Å². The Morgan fingerprint density at radius 1 is 1.24 bits per heavy atom. The summed E-state index contributed by atoms with van der Waals surface area (Å²) >= 11 is 0. The predicted octanol–water partition coefficient (Wildman–Crippen LogP) is 2.63. The summed E-state index contributed by atoms with van der Waals surface area (Å²) in [5, 5.41) is 15.6. The van der Waals surface area contributed by atoms with Gasteiger partial charge in [0.2, 0.25) is 17.7 Å². The van der Waals surface area contributed by atoms with Crippen molar-refractivity contribution in [2.24, 2.45) is 11.1 Å². The molecule has 194 valence electrons. The van der Waals surface area contributed by atoms with Crippen LogP contribution in [0.25, 0.3) is 0 Å². The Bertz CT molecular complexity index is 1250. The van der Waals surface area contributed by atoms with Crippen LogP contribution < -0.4 is 16.4 Å². The minimum Gasteiger partial charge on any atom is -0.343 e. The molecule has 4 rings (SSSR count). The first kappa shape index (κ1) is 26.3. The molecular weight excluding hydrogens is 473 g/mol. The quantitative estimate of drug-likeness (QED) is 0.556. The van der Waals surface area contributed by atoms with Crippen molar-refractivity contribution in [3.05, 3.63) is 65.5 Å². The molecule has 4 N–H and O–H groups in total. The van der Waals surface area contributed by atoms with Crippen molar-refractivity contribution in [1.29, 1.82) is 5.26 Å². The number of anilines is 1. The molecule has 3 amide bonds. The molecule has 2 heterocycles. The van der Waals surface area contributed by atoms with Crippen LogP contribution in [0.1, 0.15) is 44.7 Å². The highest BCUT2D eigenvalue weighted by molar-refractivity contribution is 6.07. The third-order valence-corrected chi connectivity index (χ3v) is 7.05. The van der Waals surface area contributed by atoms with Gasteiger partial charge in [-0.2, -0.15) is 5.26 Å². The highest BCUT2D eigenvalue weighted by atomic mass is 19.1. The summed E-state index contributed by atoms with van der Waals surface area (Å²) in [5.41, 5.74) is 6.95. The smallest absolute Gasteiger partial charge is 0.246 e. The van der Waals surface area contributed by atoms with Crippen LogP contribution in [0.15, 0.2) is 48.5 Å². The first-order valence-electron chi connectivity index (χ1n) is 12.3. The maximum atomic E-state index is 13.9. The highest BCUT2D eigenvalue weighted by Gasteiger charge is 2.56. The van der Waals surface area contributed by atoms with Gasteiger partial charge in [0.1, 0.15) is 17.9 Å². The van der Waals surface area contributed by atoms with Gasteiger partial charge in [-0.15, -0.1) is 0 Å². The lowest BCUT2D eigenvalue weighted by molar-refractivity contribution is -0.138. The molecular formula is C28H32FN5O3. The van der Waals surface area contributed by atoms with Gasteiger partial charge in [0.05, 0.1) is 17.5 Å². The number of carbonyl (C=O) groups excluding carboxylic acids is 3. The molecule has 1 spiro atoms. The predicted molar refractivity (Wildman–Crippen MR) is 137 cm³/mol. The van der Waals surface area contributed by atoms with E-state index in [1.807, 2.05) is 39.0 Å². The van der Waals surface area contributed by atoms with E-state index in [-0.39, 0.29) is 36.5 Å². The average Bonchev–Trinajstić information content (AvgIpc) is 3.37. The normalized spacial score (nSPS) is 22.2. The number of nitriles is 1. The Morgan fingerprint density at radius 2 is 1.92 bits per heavy atom. The summed E-state index contributed by atoms with van der Waals surface area (Å²) < 4.78 is 13.2. The Morgan fingerprint density at radius 3 is 2.57 bits per heavy atom. The fourth-order valence-corrected chi connectivity index (χ4v) is 5.24. The summed E-state index contributed by atoms with van der Waals surface area (Å²) in [7, 11) is 0. The number of nitrogens with zero attached hydrogens (tertiary/aromatic N) is 2. The minimum absolute atomic E-state index is 0.0467. The summed E-state index contributed by atoms with van der Waals surface area (Å²) in [4.78, 5) is 41.4. The maximum Gasteiger partial charge on any atom is 0.246 e. The van der Waals surface area contributed by atoms with Gasteiger partial charge in [-0.3, -0.25) is 14.4 Å². The Labute approximate surface area is 216 Å². The van der Waals surface area contributed by atoms with Crippen molar-refractivity contribution in [3.63, 3.8) is 0 Å². The van der Waals surface area contributed by atoms with Crippen LogP contribution in [0.3, 0.4) is 0 Å². The fraction of sp³-hybridized carbons (Fsp3) is 0.429. The van der Waals surface area contributed by atoms with Gasteiger partial charge in [0.25, 0.3) is 0 Å². The zero-order chi connectivity index (χ0) is 27.0. The Balaban J connectivity index is 1.55. The SMILES string of the molecule is CC(C)(C)C[C@H](NC(=O)C(N)Cc1ccc(F)cc1)C(=O)N1C[C@]2(C[C@H]1C#N)C(=O)Nc1ccccc12. The van der Waals surface area contributed by atoms with Crippen molar-refractivity contribution < 1.29 is 18.8 Å². The van der Waals surface area contributed by atoms with Crippen molar-refractivity contribution in [3.8, 4) is 6.07 Å². The highest BCUT2D eigenvalue weighted by Crippen LogP contribution is 2.46. The van der Waals surface area contributed by atoms with Crippen LogP contribution in [0.5, 0.6) is 0 Å². The van der Waals surface area contributed by atoms with E-state index < -0.39 is 35.4 Å². The van der Waals surface area contributed by atoms with Crippen LogP contribution >= 0.6 is 0 Å². The van der Waals surface area contributed by atoms with E-state index >= 15 is 0 Å². The lowest BCUT2D eigenvalue weighted by Gasteiger charge is -2.31. The van der Waals surface area contributed by atoms with Crippen molar-refractivity contribution in [2.45, 2.75) is 63.6 Å². The number of rotatable bonds is 6. The molecule has 4 atom stereocenters. The summed E-state index contributed by atoms with van der Waals surface area (Å²) in [5.74, 6) is -1.55. The second-order valence-corrected chi connectivity index (χ2v) is 11.2. The number of amides is 3. The number of likely N-dealkylation sites (tertiary alicyclic amines) is 1. The van der Waals surface area contributed by atoms with Crippen LogP contribution in [-0.2, 0) is 26.2 Å². The van der Waals surface area contributed by atoms with E-state index in [1.165, 1.54) is 17.0 Å². The minimum atomic E-state index is -1.01. The number of carbonyl (C=O) groups is 3. The van der Waals surface area contributed by atoms with Crippen LogP contribution in [-0.4, -0.2) is 47.3 Å². The second kappa shape index (κ2) is 9.94. The van der Waals surface area contributed by atoms with E-state index in [4.69, 9.17) is 5.73 Å². The molecule has 2 aliphatic rings. The summed E-state index contributed by atoms with van der Waals surface area (Å²) in [6.07, 6.45) is 0.663. The molecule has 0 bridgehead atoms. The molecule has 1 saturated heterocycles. The van der Waals surface area contributed by atoms with Gasteiger partial charge in [-0.05, 0) is 47.6 Å². The average molecular weight is 506 g/mol. The Hall–Kier alpha value is -3.77. The van der Waals surface area contributed by atoms with E-state index in [2.05, 4.69) is 16.7 Å². The monoisotopic (exact) mass is 505 g/mol. The molecule has 1 unspecified atom stereocenters. The van der Waals surface area contributed by atoms with Gasteiger partial charge in [0.15, 0.2) is 0 Å². The third kappa shape index (κ3) is 5.35. The molecule has 0 saturated carbocycles. The molecule has 0 aliphatic carbocycles. The maximum absolute atomic E-state index is 13.9. The lowest BCUT2D eigenvalue weighted by atomic mass is 9.80. The van der Waals surface area contributed by atoms with Gasteiger partial charge >= 0.3 is 0 Å². The zero-order valence-corrected chi connectivity index (χ0v) is 21.3. The zero-order valence-electron chi connectivity index (χ0n) is 21.3. The number of hydrogen-bond acceptors (Lipinski definition) is 5. The van der Waals surface area contributed by atoms with Crippen molar-refractivity contribution in [1.82, 2.24) is 10.2 Å². The van der Waals surface area contributed by atoms with E-state index in [0.717, 1.165) is 5.56 Å². The fourth-order valence-electron chi connectivity index (χ4n) is 5.24. The van der Waals surface area contributed by atoms with Crippen LogP contribution in [0.4, 0.5) is 10.1 Å². The molecule has 1 fully saturated rings. The van der Waals surface area contributed by atoms with E-state index in [9.17, 15) is 24.0 Å². The molecule has 2 aromatic carbocycles. The van der Waals surface area contributed by atoms with Gasteiger partial charge in [-0.1, -0.05) is 51.1 Å². The standard InChI is InChI=1S/C28H32FN5O3/c1-27(2,3)14-23(32-24(35)21(31)12-17-8-10-18(29)11-9-17)25(36)34-16-28(13-19(34)15-30)20-6-4-5-7-22(20)33-26(28)37/h4-11,19,21,23H,12-14,16,31H2,1-3H3,(H,32,35)(H,33,37)/t19-,21?,23-,28-/m0/s1. The first-order valence-corrected chi connectivity index (χ1v) is 12.3. The van der Waals surface area contributed by atoms with Crippen LogP contribution in [0.2, 0.25) is 0 Å². The molecule has 8 nitrogen and oxygen atoms in total. The molecule has 37 heavy (non-hydrogen) atoms. The van der Waals surface area contributed by atoms with Crippen molar-refractivity contribution in [2.75, 3.05) is 11.9 Å². The number of hydrogen-bond donors (Lipinski definition) is 3. The molecule has 2 aromatic rings. The largest absolute Gasteiger partial charge is 0.343 e. The first-order chi connectivity index (χ1) is 17.4. The topological polar surface area (TPSA) is 128 Å². The number of fused-ring (bicyclic) bond motifs is 2. The van der Waals surface area contributed by atoms with E-state index in [0.29, 0.717) is 17.7 Å². The molecule has 0 aromatic heterocycles. The number of nitrogens with one attached hydrogen (secondary N) is 2. The molecule has 0 radical (unpaired) electrons. The van der Waals surface area contributed by atoms with Crippen molar-refractivity contribution >= 4 is 23.4 Å². The Kier molecular flexibility index (Phi) is 7.07. The van der Waals surface area contributed by atoms with Crippen LogP contribution in [0, 0.1) is 22.6 Å². The summed E-state index contributed by atoms with van der Waals surface area (Å²) in [6, 6.07) is 12.5. The summed E-state index contributed by atoms with van der Waals surface area (Å²) in [6.45, 7) is 5.90. The van der Waals surface area contributed by atoms with E-state index in [1.54, 1.807) is 18.2 Å². The lowest BCUT2D eigenvalue weighted by Crippen LogP contribution is -2.55. The van der Waals surface area contributed by atoms with Gasteiger partial charge in [0, 0.05) is 18.7 Å². The molecule has 9 heteroatoms. The number of halogens is 1. The molecule has 2 aliphatic heterocycles. The van der Waals surface area contributed by atoms with Gasteiger partial charge < -0.3 is 21.3 Å². The number of nitrogens with two attached hydrogens (primary N) is 1.